The van der Waals surface area contributed by atoms with Crippen LogP contribution in [0.2, 0.25) is 0 Å². The number of hydrogen-bond acceptors (Lipinski definition) is 4. The number of ether oxygens (including phenoxy) is 1. The maximum Gasteiger partial charge on any atom is 1.00 e. The number of aryl methyl sites for hydroxylation is 1. The summed E-state index contributed by atoms with van der Waals surface area (Å²) in [5.41, 5.74) is 1.20. The minimum atomic E-state index is -4.38. The molecule has 0 saturated carbocycles. The van der Waals surface area contributed by atoms with Crippen LogP contribution in [0.4, 0.5) is 0 Å². The van der Waals surface area contributed by atoms with Gasteiger partial charge in [0, 0.05) is 6.07 Å². The summed E-state index contributed by atoms with van der Waals surface area (Å²) in [7, 11) is -4.38. The molecule has 7 heteroatoms. The molecule has 2 aromatic carbocycles. The average Bonchev–Trinajstić information content (AvgIpc) is 2.71. The van der Waals surface area contributed by atoms with E-state index in [2.05, 4.69) is 6.92 Å². The Bertz CT molecular complexity index is 866. The van der Waals surface area contributed by atoms with Gasteiger partial charge in [-0.05, 0) is 36.6 Å². The van der Waals surface area contributed by atoms with Crippen LogP contribution in [0, 0.1) is 0 Å². The minimum absolute atomic E-state index is 0. The molecule has 0 amide bonds. The van der Waals surface area contributed by atoms with E-state index < -0.39 is 15.9 Å². The number of rotatable bonds is 14. The smallest absolute Gasteiger partial charge is 0.870 e. The predicted molar refractivity (Wildman–Crippen MR) is 118 cm³/mol. The quantitative estimate of drug-likeness (QED) is 0.268. The third-order valence-corrected chi connectivity index (χ3v) is 6.03. The second-order valence-electron chi connectivity index (χ2n) is 7.76. The Morgan fingerprint density at radius 2 is 1.39 bits per heavy atom. The van der Waals surface area contributed by atoms with E-state index in [1.54, 1.807) is 12.1 Å². The van der Waals surface area contributed by atoms with Crippen molar-refractivity contribution in [2.45, 2.75) is 82.4 Å². The maximum atomic E-state index is 11.9. The summed E-state index contributed by atoms with van der Waals surface area (Å²) in [6.07, 6.45) is 14.1. The first kappa shape index (κ1) is 28.0. The molecule has 2 aromatic rings. The Morgan fingerprint density at radius 3 is 1.94 bits per heavy atom. The Labute approximate surface area is 209 Å². The Balaban J connectivity index is 0.00000480. The van der Waals surface area contributed by atoms with Crippen molar-refractivity contribution in [1.82, 2.24) is 0 Å². The molecule has 0 aliphatic carbocycles. The fourth-order valence-corrected chi connectivity index (χ4v) is 3.89. The Morgan fingerprint density at radius 1 is 0.839 bits per heavy atom. The monoisotopic (exact) mass is 456 g/mol. The van der Waals surface area contributed by atoms with E-state index in [9.17, 15) is 13.5 Å². The van der Waals surface area contributed by atoms with Crippen LogP contribution in [0.15, 0.2) is 47.4 Å². The molecule has 0 heterocycles. The molecule has 0 unspecified atom stereocenters. The van der Waals surface area contributed by atoms with Gasteiger partial charge in [0.1, 0.15) is 11.5 Å². The Kier molecular flexibility index (Phi) is 13.5. The largest absolute Gasteiger partial charge is 1.00 e. The molecule has 0 aliphatic rings. The van der Waals surface area contributed by atoms with Gasteiger partial charge in [0.15, 0.2) is 0 Å². The van der Waals surface area contributed by atoms with Crippen LogP contribution in [-0.2, 0) is 16.5 Å². The van der Waals surface area contributed by atoms with Crippen LogP contribution in [0.1, 0.15) is 76.7 Å². The molecule has 0 spiro atoms. The van der Waals surface area contributed by atoms with E-state index in [4.69, 9.17) is 9.29 Å². The summed E-state index contributed by atoms with van der Waals surface area (Å²) < 4.78 is 37.1. The van der Waals surface area contributed by atoms with Gasteiger partial charge in [-0.1, -0.05) is 88.7 Å². The molecule has 0 aliphatic heterocycles. The van der Waals surface area contributed by atoms with E-state index in [0.29, 0.717) is 5.75 Å². The molecule has 0 bridgehead atoms. The van der Waals surface area contributed by atoms with Crippen molar-refractivity contribution in [3.8, 4) is 17.2 Å². The zero-order valence-corrected chi connectivity index (χ0v) is 21.6. The molecular weight excluding hydrogens is 423 g/mol. The van der Waals surface area contributed by atoms with Crippen LogP contribution >= 0.6 is 0 Å². The molecule has 166 valence electrons. The van der Waals surface area contributed by atoms with Gasteiger partial charge in [-0.2, -0.15) is 8.42 Å². The van der Waals surface area contributed by atoms with Gasteiger partial charge < -0.3 is 9.84 Å². The van der Waals surface area contributed by atoms with E-state index in [1.807, 2.05) is 12.1 Å². The van der Waals surface area contributed by atoms with Gasteiger partial charge in [0.2, 0.25) is 0 Å². The van der Waals surface area contributed by atoms with Gasteiger partial charge >= 0.3 is 29.6 Å². The van der Waals surface area contributed by atoms with E-state index in [0.717, 1.165) is 31.0 Å². The summed E-state index contributed by atoms with van der Waals surface area (Å²) in [5.74, 6) is -0.129. The number of hydrogen-bond donors (Lipinski definition) is 1. The maximum absolute atomic E-state index is 11.9. The molecule has 0 radical (unpaired) electrons. The van der Waals surface area contributed by atoms with Gasteiger partial charge in [-0.3, -0.25) is 4.55 Å². The standard InChI is InChI=1S/C24H34O5S.Na/c1-2-3-4-5-6-7-8-9-10-11-12-20-13-15-21(16-14-20)29-24-19-22(30(26,27)28)17-18-23(24)25;/h13-19,25H,2-12H2,1H3,(H,26,27,28);/q;+1/p-1. The second kappa shape index (κ2) is 14.9. The third kappa shape index (κ3) is 10.9. The normalized spacial score (nSPS) is 11.2. The first-order chi connectivity index (χ1) is 14.4. The summed E-state index contributed by atoms with van der Waals surface area (Å²) >= 11 is 0. The van der Waals surface area contributed by atoms with E-state index in [1.165, 1.54) is 63.4 Å². The van der Waals surface area contributed by atoms with Crippen LogP contribution in [0.3, 0.4) is 0 Å². The molecule has 0 fully saturated rings. The SMILES string of the molecule is CCCCCCCCCCCCc1ccc(Oc2cc(S(=O)(=O)O)ccc2[O-])cc1.[Na+]. The molecule has 2 rings (SSSR count). The molecule has 31 heavy (non-hydrogen) atoms. The molecule has 0 saturated heterocycles. The zero-order chi connectivity index (χ0) is 21.8. The molecule has 5 nitrogen and oxygen atoms in total. The summed E-state index contributed by atoms with van der Waals surface area (Å²) in [4.78, 5) is -0.366. The number of unbranched alkanes of at least 4 members (excludes halogenated alkanes) is 9. The molecule has 0 aromatic heterocycles. The average molecular weight is 457 g/mol. The van der Waals surface area contributed by atoms with Crippen molar-refractivity contribution in [3.05, 3.63) is 48.0 Å². The fraction of sp³-hybridized carbons (Fsp3) is 0.500. The van der Waals surface area contributed by atoms with Crippen molar-refractivity contribution < 1.29 is 52.4 Å². The van der Waals surface area contributed by atoms with Crippen molar-refractivity contribution in [3.63, 3.8) is 0 Å². The van der Waals surface area contributed by atoms with Crippen LogP contribution < -0.4 is 39.4 Å². The summed E-state index contributed by atoms with van der Waals surface area (Å²) in [6, 6.07) is 10.6. The topological polar surface area (TPSA) is 86.7 Å². The molecular formula is C24H33NaO5S. The van der Waals surface area contributed by atoms with E-state index >= 15 is 0 Å². The van der Waals surface area contributed by atoms with Gasteiger partial charge in [0.25, 0.3) is 10.1 Å². The van der Waals surface area contributed by atoms with E-state index in [-0.39, 0.29) is 40.2 Å². The zero-order valence-electron chi connectivity index (χ0n) is 18.8. The Hall–Kier alpha value is -1.05. The first-order valence-electron chi connectivity index (χ1n) is 11.0. The fourth-order valence-electron chi connectivity index (χ4n) is 3.40. The minimum Gasteiger partial charge on any atom is -0.870 e. The summed E-state index contributed by atoms with van der Waals surface area (Å²) in [6.45, 7) is 2.24. The van der Waals surface area contributed by atoms with Crippen molar-refractivity contribution >= 4 is 10.1 Å². The van der Waals surface area contributed by atoms with Crippen LogP contribution in [0.25, 0.3) is 0 Å². The van der Waals surface area contributed by atoms with Crippen molar-refractivity contribution in [2.24, 2.45) is 0 Å². The second-order valence-corrected chi connectivity index (χ2v) is 9.18. The first-order valence-corrected chi connectivity index (χ1v) is 12.4. The van der Waals surface area contributed by atoms with Gasteiger partial charge in [-0.25, -0.2) is 0 Å². The van der Waals surface area contributed by atoms with Crippen LogP contribution in [-0.4, -0.2) is 13.0 Å². The predicted octanol–water partition coefficient (Wildman–Crippen LogP) is 3.27. The van der Waals surface area contributed by atoms with Gasteiger partial charge in [-0.15, -0.1) is 0 Å². The molecule has 1 N–H and O–H groups in total. The summed E-state index contributed by atoms with van der Waals surface area (Å²) in [5, 5.41) is 11.9. The molecule has 0 atom stereocenters. The van der Waals surface area contributed by atoms with Crippen molar-refractivity contribution in [2.75, 3.05) is 0 Å². The van der Waals surface area contributed by atoms with Crippen LogP contribution in [0.5, 0.6) is 17.2 Å². The number of benzene rings is 2. The third-order valence-electron chi connectivity index (χ3n) is 5.18. The van der Waals surface area contributed by atoms with Crippen molar-refractivity contribution in [1.29, 1.82) is 0 Å². The van der Waals surface area contributed by atoms with Gasteiger partial charge in [0.05, 0.1) is 4.90 Å².